The lowest BCUT2D eigenvalue weighted by Crippen LogP contribution is -2.38. The van der Waals surface area contributed by atoms with Gasteiger partial charge in [-0.2, -0.15) is 0 Å². The average molecular weight is 287 g/mol. The van der Waals surface area contributed by atoms with E-state index in [4.69, 9.17) is 0 Å². The van der Waals surface area contributed by atoms with Crippen molar-refractivity contribution < 1.29 is 4.39 Å². The third-order valence-corrected chi connectivity index (χ3v) is 4.04. The maximum atomic E-state index is 13.8. The Balaban J connectivity index is 0.00000180. The van der Waals surface area contributed by atoms with Crippen LogP contribution in [0.3, 0.4) is 0 Å². The van der Waals surface area contributed by atoms with Crippen LogP contribution in [0.4, 0.5) is 4.39 Å². The van der Waals surface area contributed by atoms with Crippen molar-refractivity contribution in [1.29, 1.82) is 0 Å². The molecule has 1 atom stereocenters. The van der Waals surface area contributed by atoms with Crippen LogP contribution in [0.25, 0.3) is 0 Å². The Hall–Kier alpha value is -0.640. The van der Waals surface area contributed by atoms with Crippen molar-refractivity contribution in [1.82, 2.24) is 10.2 Å². The third-order valence-electron chi connectivity index (χ3n) is 4.04. The summed E-state index contributed by atoms with van der Waals surface area (Å²) in [5.41, 5.74) is 0.824. The Morgan fingerprint density at radius 1 is 1.32 bits per heavy atom. The second-order valence-electron chi connectivity index (χ2n) is 5.23. The van der Waals surface area contributed by atoms with Crippen molar-refractivity contribution in [2.75, 3.05) is 26.7 Å². The average Bonchev–Trinajstić information content (AvgIpc) is 2.40. The van der Waals surface area contributed by atoms with Gasteiger partial charge in [-0.3, -0.25) is 4.90 Å². The van der Waals surface area contributed by atoms with E-state index in [-0.39, 0.29) is 24.3 Å². The van der Waals surface area contributed by atoms with Gasteiger partial charge in [0.2, 0.25) is 0 Å². The number of piperidine rings is 1. The van der Waals surface area contributed by atoms with Gasteiger partial charge in [-0.1, -0.05) is 18.2 Å². The molecule has 2 rings (SSSR count). The van der Waals surface area contributed by atoms with Gasteiger partial charge in [0.25, 0.3) is 0 Å². The predicted octanol–water partition coefficient (Wildman–Crippen LogP) is 3.24. The van der Waals surface area contributed by atoms with Crippen LogP contribution < -0.4 is 5.32 Å². The number of benzene rings is 1. The van der Waals surface area contributed by atoms with Crippen LogP contribution >= 0.6 is 12.4 Å². The summed E-state index contributed by atoms with van der Waals surface area (Å²) in [7, 11) is 2.01. The van der Waals surface area contributed by atoms with Gasteiger partial charge in [-0.15, -0.1) is 12.4 Å². The van der Waals surface area contributed by atoms with E-state index in [1.807, 2.05) is 19.2 Å². The minimum absolute atomic E-state index is 0. The van der Waals surface area contributed by atoms with E-state index in [0.29, 0.717) is 0 Å². The zero-order valence-corrected chi connectivity index (χ0v) is 12.5. The van der Waals surface area contributed by atoms with Crippen LogP contribution in [0, 0.1) is 11.7 Å². The van der Waals surface area contributed by atoms with Gasteiger partial charge in [0.05, 0.1) is 0 Å². The predicted molar refractivity (Wildman–Crippen MR) is 80.3 cm³/mol. The van der Waals surface area contributed by atoms with E-state index >= 15 is 0 Å². The summed E-state index contributed by atoms with van der Waals surface area (Å²) >= 11 is 0. The molecule has 1 N–H and O–H groups in total. The highest BCUT2D eigenvalue weighted by Crippen LogP contribution is 2.27. The van der Waals surface area contributed by atoms with E-state index in [1.165, 1.54) is 12.8 Å². The number of nitrogens with zero attached hydrogens (tertiary/aromatic N) is 1. The van der Waals surface area contributed by atoms with E-state index in [2.05, 4.69) is 17.1 Å². The van der Waals surface area contributed by atoms with E-state index < -0.39 is 0 Å². The molecule has 108 valence electrons. The Kier molecular flexibility index (Phi) is 6.76. The quantitative estimate of drug-likeness (QED) is 0.914. The molecule has 1 saturated heterocycles. The smallest absolute Gasteiger partial charge is 0.127 e. The highest BCUT2D eigenvalue weighted by atomic mass is 35.5. The van der Waals surface area contributed by atoms with Gasteiger partial charge in [-0.05, 0) is 58.4 Å². The lowest BCUT2D eigenvalue weighted by molar-refractivity contribution is 0.139. The van der Waals surface area contributed by atoms with Gasteiger partial charge in [0, 0.05) is 11.6 Å². The van der Waals surface area contributed by atoms with Gasteiger partial charge < -0.3 is 5.32 Å². The first-order valence-corrected chi connectivity index (χ1v) is 6.85. The molecule has 1 fully saturated rings. The molecule has 0 aromatic heterocycles. The van der Waals surface area contributed by atoms with E-state index in [9.17, 15) is 4.39 Å². The zero-order chi connectivity index (χ0) is 13.0. The second-order valence-corrected chi connectivity index (χ2v) is 5.23. The highest BCUT2D eigenvalue weighted by Gasteiger charge is 2.24. The molecular formula is C15H24ClFN2. The molecule has 1 aromatic rings. The number of likely N-dealkylation sites (tertiary alicyclic amines) is 1. The van der Waals surface area contributed by atoms with Crippen LogP contribution in [0.5, 0.6) is 0 Å². The molecule has 1 unspecified atom stereocenters. The van der Waals surface area contributed by atoms with Gasteiger partial charge in [0.15, 0.2) is 0 Å². The molecule has 1 aromatic carbocycles. The summed E-state index contributed by atoms with van der Waals surface area (Å²) in [6.07, 6.45) is 2.42. The molecule has 1 heterocycles. The summed E-state index contributed by atoms with van der Waals surface area (Å²) in [6, 6.07) is 7.31. The van der Waals surface area contributed by atoms with Crippen molar-refractivity contribution in [2.45, 2.75) is 25.8 Å². The minimum atomic E-state index is -0.0812. The first-order chi connectivity index (χ1) is 8.72. The molecule has 0 radical (unpaired) electrons. The van der Waals surface area contributed by atoms with E-state index in [1.54, 1.807) is 12.1 Å². The molecule has 0 spiro atoms. The summed E-state index contributed by atoms with van der Waals surface area (Å²) < 4.78 is 13.8. The highest BCUT2D eigenvalue weighted by molar-refractivity contribution is 5.85. The van der Waals surface area contributed by atoms with Crippen LogP contribution in [0.15, 0.2) is 24.3 Å². The van der Waals surface area contributed by atoms with Crippen LogP contribution in [-0.4, -0.2) is 31.6 Å². The summed E-state index contributed by atoms with van der Waals surface area (Å²) in [5.74, 6) is 0.696. The maximum Gasteiger partial charge on any atom is 0.127 e. The molecule has 19 heavy (non-hydrogen) atoms. The largest absolute Gasteiger partial charge is 0.319 e. The fourth-order valence-corrected chi connectivity index (χ4v) is 2.84. The Morgan fingerprint density at radius 3 is 2.53 bits per heavy atom. The van der Waals surface area contributed by atoms with Crippen LogP contribution in [-0.2, 0) is 0 Å². The summed E-state index contributed by atoms with van der Waals surface area (Å²) in [6.45, 7) is 5.35. The maximum absolute atomic E-state index is 13.8. The third kappa shape index (κ3) is 4.16. The van der Waals surface area contributed by atoms with Crippen molar-refractivity contribution in [3.8, 4) is 0 Å². The molecule has 1 aliphatic rings. The Bertz CT molecular complexity index is 378. The zero-order valence-electron chi connectivity index (χ0n) is 11.7. The topological polar surface area (TPSA) is 15.3 Å². The number of hydrogen-bond donors (Lipinski definition) is 1. The van der Waals surface area contributed by atoms with Crippen molar-refractivity contribution in [3.05, 3.63) is 35.6 Å². The van der Waals surface area contributed by atoms with E-state index in [0.717, 1.165) is 31.1 Å². The summed E-state index contributed by atoms with van der Waals surface area (Å²) in [4.78, 5) is 2.39. The molecule has 0 amide bonds. The first kappa shape index (κ1) is 16.4. The number of rotatable bonds is 4. The molecule has 0 bridgehead atoms. The van der Waals surface area contributed by atoms with Gasteiger partial charge in [-0.25, -0.2) is 4.39 Å². The normalized spacial score (nSPS) is 18.9. The molecular weight excluding hydrogens is 263 g/mol. The number of nitrogens with one attached hydrogen (secondary N) is 1. The summed E-state index contributed by atoms with van der Waals surface area (Å²) in [5, 5.41) is 3.24. The Labute approximate surface area is 121 Å². The first-order valence-electron chi connectivity index (χ1n) is 6.85. The second kappa shape index (κ2) is 7.83. The molecule has 0 saturated carbocycles. The molecule has 1 aliphatic heterocycles. The fourth-order valence-electron chi connectivity index (χ4n) is 2.84. The standard InChI is InChI=1S/C15H23FN2.ClH/c1-12(14-5-3-4-6-15(14)16)18-9-7-13(8-10-18)11-17-2;/h3-6,12-13,17H,7-11H2,1-2H3;1H. The number of hydrogen-bond acceptors (Lipinski definition) is 2. The number of halogens is 2. The van der Waals surface area contributed by atoms with Crippen LogP contribution in [0.1, 0.15) is 31.4 Å². The molecule has 0 aliphatic carbocycles. The molecule has 2 nitrogen and oxygen atoms in total. The van der Waals surface area contributed by atoms with Crippen molar-refractivity contribution in [2.24, 2.45) is 5.92 Å². The SMILES string of the molecule is CNCC1CCN(C(C)c2ccccc2F)CC1.Cl. The Morgan fingerprint density at radius 2 is 1.95 bits per heavy atom. The monoisotopic (exact) mass is 286 g/mol. The van der Waals surface area contributed by atoms with Gasteiger partial charge in [0.1, 0.15) is 5.82 Å². The minimum Gasteiger partial charge on any atom is -0.319 e. The van der Waals surface area contributed by atoms with Gasteiger partial charge >= 0.3 is 0 Å². The van der Waals surface area contributed by atoms with Crippen molar-refractivity contribution in [3.63, 3.8) is 0 Å². The fraction of sp³-hybridized carbons (Fsp3) is 0.600. The lowest BCUT2D eigenvalue weighted by atomic mass is 9.94. The van der Waals surface area contributed by atoms with Crippen LogP contribution in [0.2, 0.25) is 0 Å². The lowest BCUT2D eigenvalue weighted by Gasteiger charge is -2.36. The van der Waals surface area contributed by atoms with Crippen molar-refractivity contribution >= 4 is 12.4 Å². The molecule has 4 heteroatoms.